The van der Waals surface area contributed by atoms with Gasteiger partial charge in [-0.25, -0.2) is 0 Å². The molecule has 3 N–H and O–H groups in total. The van der Waals surface area contributed by atoms with Gasteiger partial charge in [0, 0.05) is 5.92 Å². The molecule has 3 heteroatoms. The molecule has 0 aromatic rings. The fraction of sp³-hybridized carbons (Fsp3) is 0.926. The van der Waals surface area contributed by atoms with Crippen LogP contribution in [0.1, 0.15) is 98.3 Å². The van der Waals surface area contributed by atoms with Crippen LogP contribution in [-0.4, -0.2) is 27.7 Å². The molecule has 0 radical (unpaired) electrons. The van der Waals surface area contributed by atoms with Crippen molar-refractivity contribution in [3.8, 4) is 0 Å². The van der Waals surface area contributed by atoms with E-state index in [2.05, 4.69) is 26.8 Å². The van der Waals surface area contributed by atoms with Gasteiger partial charge in [-0.2, -0.15) is 0 Å². The SMILES string of the molecule is C[C@H](CCC[C@H](C)C(O)O)[C@H]1CC[C@H]2[C@@H]3CC=C4C[C@@H](O)CC[C@]4(C)[C@H]3CC[C@]12C. The third-order valence-corrected chi connectivity index (χ3v) is 10.7. The number of allylic oxidation sites excluding steroid dienone is 1. The van der Waals surface area contributed by atoms with Gasteiger partial charge >= 0.3 is 0 Å². The van der Waals surface area contributed by atoms with Crippen LogP contribution in [0.5, 0.6) is 0 Å². The Morgan fingerprint density at radius 1 is 1.00 bits per heavy atom. The normalized spacial score (nSPS) is 45.3. The molecule has 0 amide bonds. The van der Waals surface area contributed by atoms with Crippen molar-refractivity contribution >= 4 is 0 Å². The molecule has 3 nitrogen and oxygen atoms in total. The zero-order valence-electron chi connectivity index (χ0n) is 19.8. The predicted octanol–water partition coefficient (Wildman–Crippen LogP) is 5.68. The van der Waals surface area contributed by atoms with Gasteiger partial charge in [0.15, 0.2) is 6.29 Å². The van der Waals surface area contributed by atoms with Crippen LogP contribution in [0, 0.1) is 46.3 Å². The summed E-state index contributed by atoms with van der Waals surface area (Å²) in [6.07, 6.45) is 14.4. The standard InChI is InChI=1S/C27H46O3/c1-17(6-5-7-18(2)25(29)30)22-10-11-23-21-9-8-19-16-20(28)12-14-26(19,3)24(21)13-15-27(22,23)4/h8,17-18,20-25,28-30H,5-7,9-16H2,1-4H3/t17-,18+,20+,21+,22-,23+,24+,26+,27-/m1/s1. The van der Waals surface area contributed by atoms with Crippen molar-refractivity contribution in [2.45, 2.75) is 111 Å². The van der Waals surface area contributed by atoms with Crippen molar-refractivity contribution in [1.29, 1.82) is 0 Å². The molecule has 9 atom stereocenters. The molecule has 0 unspecified atom stereocenters. The topological polar surface area (TPSA) is 60.7 Å². The third-order valence-electron chi connectivity index (χ3n) is 10.7. The fourth-order valence-corrected chi connectivity index (χ4v) is 8.73. The second-order valence-corrected chi connectivity index (χ2v) is 12.2. The van der Waals surface area contributed by atoms with E-state index >= 15 is 0 Å². The van der Waals surface area contributed by atoms with Crippen LogP contribution in [0.3, 0.4) is 0 Å². The highest BCUT2D eigenvalue weighted by atomic mass is 16.5. The summed E-state index contributed by atoms with van der Waals surface area (Å²) in [5.41, 5.74) is 2.40. The van der Waals surface area contributed by atoms with E-state index in [1.807, 2.05) is 6.92 Å². The average Bonchev–Trinajstić information content (AvgIpc) is 3.05. The first-order valence-electron chi connectivity index (χ1n) is 12.9. The molecule has 30 heavy (non-hydrogen) atoms. The van der Waals surface area contributed by atoms with E-state index in [0.29, 0.717) is 10.8 Å². The molecule has 4 aliphatic rings. The Morgan fingerprint density at radius 3 is 2.50 bits per heavy atom. The highest BCUT2D eigenvalue weighted by Crippen LogP contribution is 2.67. The van der Waals surface area contributed by atoms with Crippen LogP contribution in [0.2, 0.25) is 0 Å². The van der Waals surface area contributed by atoms with Gasteiger partial charge in [0.25, 0.3) is 0 Å². The van der Waals surface area contributed by atoms with Gasteiger partial charge in [-0.3, -0.25) is 0 Å². The molecule has 0 bridgehead atoms. The maximum absolute atomic E-state index is 10.2. The largest absolute Gasteiger partial charge is 0.393 e. The number of fused-ring (bicyclic) bond motifs is 5. The molecule has 0 aromatic carbocycles. The first-order valence-corrected chi connectivity index (χ1v) is 12.9. The summed E-state index contributed by atoms with van der Waals surface area (Å²) in [7, 11) is 0. The molecule has 0 heterocycles. The molecule has 0 aliphatic heterocycles. The third kappa shape index (κ3) is 3.82. The lowest BCUT2D eigenvalue weighted by atomic mass is 9.47. The first-order chi connectivity index (χ1) is 14.2. The molecule has 0 aromatic heterocycles. The van der Waals surface area contributed by atoms with Crippen molar-refractivity contribution in [2.24, 2.45) is 46.3 Å². The average molecular weight is 419 g/mol. The van der Waals surface area contributed by atoms with Crippen LogP contribution >= 0.6 is 0 Å². The summed E-state index contributed by atoms with van der Waals surface area (Å²) in [5, 5.41) is 28.9. The van der Waals surface area contributed by atoms with E-state index < -0.39 is 6.29 Å². The zero-order valence-corrected chi connectivity index (χ0v) is 19.8. The van der Waals surface area contributed by atoms with Crippen molar-refractivity contribution in [2.75, 3.05) is 0 Å². The summed E-state index contributed by atoms with van der Waals surface area (Å²) in [5.74, 6) is 4.07. The Balaban J connectivity index is 1.44. The smallest absolute Gasteiger partial charge is 0.154 e. The highest BCUT2D eigenvalue weighted by molar-refractivity contribution is 5.25. The lowest BCUT2D eigenvalue weighted by molar-refractivity contribution is -0.0815. The second-order valence-electron chi connectivity index (χ2n) is 12.2. The Hall–Kier alpha value is -0.380. The number of aliphatic hydroxyl groups is 3. The second kappa shape index (κ2) is 8.52. The van der Waals surface area contributed by atoms with E-state index in [0.717, 1.165) is 55.3 Å². The minimum atomic E-state index is -1.17. The molecule has 4 aliphatic carbocycles. The Kier molecular flexibility index (Phi) is 6.48. The Labute approximate surface area is 184 Å². The van der Waals surface area contributed by atoms with Gasteiger partial charge in [-0.05, 0) is 98.2 Å². The van der Waals surface area contributed by atoms with E-state index in [4.69, 9.17) is 0 Å². The van der Waals surface area contributed by atoms with Gasteiger partial charge in [0.2, 0.25) is 0 Å². The lowest BCUT2D eigenvalue weighted by Gasteiger charge is -2.58. The number of hydrogen-bond acceptors (Lipinski definition) is 3. The summed E-state index contributed by atoms with van der Waals surface area (Å²) >= 11 is 0. The Morgan fingerprint density at radius 2 is 1.77 bits per heavy atom. The van der Waals surface area contributed by atoms with Crippen molar-refractivity contribution in [3.63, 3.8) is 0 Å². The van der Waals surface area contributed by atoms with Crippen LogP contribution in [0.15, 0.2) is 11.6 Å². The van der Waals surface area contributed by atoms with E-state index in [1.54, 1.807) is 5.57 Å². The number of aliphatic hydroxyl groups excluding tert-OH is 2. The van der Waals surface area contributed by atoms with Crippen LogP contribution in [0.25, 0.3) is 0 Å². The summed E-state index contributed by atoms with van der Waals surface area (Å²) in [6, 6.07) is 0. The quantitative estimate of drug-likeness (QED) is 0.384. The van der Waals surface area contributed by atoms with E-state index in [1.165, 1.54) is 44.9 Å². The van der Waals surface area contributed by atoms with Gasteiger partial charge in [-0.1, -0.05) is 52.2 Å². The molecule has 3 fully saturated rings. The maximum Gasteiger partial charge on any atom is 0.154 e. The Bertz CT molecular complexity index is 642. The van der Waals surface area contributed by atoms with Crippen molar-refractivity contribution < 1.29 is 15.3 Å². The summed E-state index contributed by atoms with van der Waals surface area (Å²) < 4.78 is 0. The van der Waals surface area contributed by atoms with E-state index in [9.17, 15) is 15.3 Å². The predicted molar refractivity (Wildman–Crippen MR) is 122 cm³/mol. The van der Waals surface area contributed by atoms with Crippen molar-refractivity contribution in [3.05, 3.63) is 11.6 Å². The molecule has 172 valence electrons. The minimum Gasteiger partial charge on any atom is -0.393 e. The summed E-state index contributed by atoms with van der Waals surface area (Å²) in [4.78, 5) is 0. The molecule has 0 spiro atoms. The van der Waals surface area contributed by atoms with Crippen LogP contribution < -0.4 is 0 Å². The monoisotopic (exact) mass is 418 g/mol. The number of rotatable bonds is 6. The molecular weight excluding hydrogens is 372 g/mol. The molecular formula is C27H46O3. The molecule has 3 saturated carbocycles. The van der Waals surface area contributed by atoms with Crippen LogP contribution in [-0.2, 0) is 0 Å². The minimum absolute atomic E-state index is 0.0162. The molecule has 4 rings (SSSR count). The van der Waals surface area contributed by atoms with Gasteiger partial charge in [0.1, 0.15) is 0 Å². The molecule has 0 saturated heterocycles. The zero-order chi connectivity index (χ0) is 21.7. The summed E-state index contributed by atoms with van der Waals surface area (Å²) in [6.45, 7) is 9.55. The fourth-order valence-electron chi connectivity index (χ4n) is 8.73. The van der Waals surface area contributed by atoms with Crippen LogP contribution in [0.4, 0.5) is 0 Å². The van der Waals surface area contributed by atoms with Gasteiger partial charge in [0.05, 0.1) is 6.10 Å². The maximum atomic E-state index is 10.2. The van der Waals surface area contributed by atoms with E-state index in [-0.39, 0.29) is 12.0 Å². The van der Waals surface area contributed by atoms with Gasteiger partial charge < -0.3 is 15.3 Å². The lowest BCUT2D eigenvalue weighted by Crippen LogP contribution is -2.50. The van der Waals surface area contributed by atoms with Crippen molar-refractivity contribution in [1.82, 2.24) is 0 Å². The first kappa shape index (κ1) is 22.8. The number of hydrogen-bond donors (Lipinski definition) is 3. The van der Waals surface area contributed by atoms with Gasteiger partial charge in [-0.15, -0.1) is 0 Å². The highest BCUT2D eigenvalue weighted by Gasteiger charge is 2.59.